The molecule has 1 aliphatic carbocycles. The zero-order chi connectivity index (χ0) is 18.7. The lowest BCUT2D eigenvalue weighted by Gasteiger charge is -2.23. The van der Waals surface area contributed by atoms with Gasteiger partial charge in [0.25, 0.3) is 0 Å². The molecule has 1 aliphatic rings. The predicted molar refractivity (Wildman–Crippen MR) is 98.0 cm³/mol. The molecule has 0 aromatic heterocycles. The molecule has 25 heavy (non-hydrogen) atoms. The lowest BCUT2D eigenvalue weighted by Crippen LogP contribution is -2.23. The van der Waals surface area contributed by atoms with E-state index in [1.807, 2.05) is 13.8 Å². The van der Waals surface area contributed by atoms with Crippen LogP contribution in [0, 0.1) is 6.92 Å². The second kappa shape index (κ2) is 7.77. The van der Waals surface area contributed by atoms with E-state index in [-0.39, 0.29) is 11.9 Å². The second-order valence-electron chi connectivity index (χ2n) is 6.97. The number of Topliss-reactive ketones (excluding diaryl/α,β-unsaturated/α-hetero) is 2. The van der Waals surface area contributed by atoms with Crippen molar-refractivity contribution in [2.45, 2.75) is 66.2 Å². The number of unbranched alkanes of at least 4 members (excludes halogenated alkanes) is 2. The summed E-state index contributed by atoms with van der Waals surface area (Å²) in [6.45, 7) is 9.48. The van der Waals surface area contributed by atoms with Gasteiger partial charge in [0.15, 0.2) is 0 Å². The number of allylic oxidation sites excluding steroid dienone is 1. The van der Waals surface area contributed by atoms with Gasteiger partial charge in [-0.25, -0.2) is 0 Å². The minimum Gasteiger partial charge on any atom is -0.426 e. The monoisotopic (exact) mass is 342 g/mol. The summed E-state index contributed by atoms with van der Waals surface area (Å²) in [5, 5.41) is 0. The average Bonchev–Trinajstić information content (AvgIpc) is 2.52. The molecular weight excluding hydrogens is 316 g/mol. The summed E-state index contributed by atoms with van der Waals surface area (Å²) in [6.07, 6.45) is 4.97. The van der Waals surface area contributed by atoms with Crippen LogP contribution in [0.3, 0.4) is 0 Å². The van der Waals surface area contributed by atoms with E-state index in [1.54, 1.807) is 26.0 Å². The van der Waals surface area contributed by atoms with E-state index >= 15 is 0 Å². The van der Waals surface area contributed by atoms with E-state index in [4.69, 9.17) is 4.74 Å². The Bertz CT molecular complexity index is 754. The summed E-state index contributed by atoms with van der Waals surface area (Å²) < 4.78 is 5.63. The number of carbonyl (C=O) groups excluding carboxylic acids is 3. The number of aryl methyl sites for hydroxylation is 1. The van der Waals surface area contributed by atoms with Crippen LogP contribution in [0.1, 0.15) is 86.3 Å². The van der Waals surface area contributed by atoms with Gasteiger partial charge in [0.1, 0.15) is 5.75 Å². The normalized spacial score (nSPS) is 13.8. The van der Waals surface area contributed by atoms with Gasteiger partial charge in [0.05, 0.1) is 0 Å². The first-order valence-corrected chi connectivity index (χ1v) is 8.93. The lowest BCUT2D eigenvalue weighted by atomic mass is 9.82. The number of benzene rings is 1. The Balaban J connectivity index is 2.49. The number of fused-ring (bicyclic) bond motifs is 1. The minimum absolute atomic E-state index is 0.0536. The van der Waals surface area contributed by atoms with Crippen LogP contribution >= 0.6 is 0 Å². The Kier molecular flexibility index (Phi) is 5.93. The van der Waals surface area contributed by atoms with Crippen molar-refractivity contribution in [2.24, 2.45) is 0 Å². The Labute approximate surface area is 149 Å². The van der Waals surface area contributed by atoms with Crippen molar-refractivity contribution in [3.05, 3.63) is 33.9 Å². The molecule has 0 spiro atoms. The number of carbonyl (C=O) groups is 3. The van der Waals surface area contributed by atoms with E-state index < -0.39 is 11.6 Å². The van der Waals surface area contributed by atoms with Crippen molar-refractivity contribution in [1.82, 2.24) is 0 Å². The summed E-state index contributed by atoms with van der Waals surface area (Å²) in [5.74, 6) is -0.643. The zero-order valence-corrected chi connectivity index (χ0v) is 15.7. The topological polar surface area (TPSA) is 60.4 Å². The van der Waals surface area contributed by atoms with Crippen molar-refractivity contribution in [3.8, 4) is 5.75 Å². The number of hydrogen-bond donors (Lipinski definition) is 0. The molecule has 4 nitrogen and oxygen atoms in total. The SMILES string of the molecule is CCCCCC(=O)Oc1cc(C)c2c(c1C(C)C)C=C(C)C(=O)C2=O. The Morgan fingerprint density at radius 1 is 1.12 bits per heavy atom. The number of ether oxygens (including phenoxy) is 1. The van der Waals surface area contributed by atoms with Crippen LogP contribution in [0.4, 0.5) is 0 Å². The smallest absolute Gasteiger partial charge is 0.311 e. The number of rotatable bonds is 6. The largest absolute Gasteiger partial charge is 0.426 e. The van der Waals surface area contributed by atoms with Crippen LogP contribution in [0.2, 0.25) is 0 Å². The van der Waals surface area contributed by atoms with Crippen molar-refractivity contribution in [3.63, 3.8) is 0 Å². The molecule has 0 fully saturated rings. The first kappa shape index (κ1) is 19.1. The molecule has 0 N–H and O–H groups in total. The third-order valence-corrected chi connectivity index (χ3v) is 4.50. The highest BCUT2D eigenvalue weighted by atomic mass is 16.5. The first-order chi connectivity index (χ1) is 11.8. The molecule has 0 saturated carbocycles. The molecule has 0 saturated heterocycles. The van der Waals surface area contributed by atoms with Gasteiger partial charge in [-0.15, -0.1) is 0 Å². The summed E-state index contributed by atoms with van der Waals surface area (Å²) in [6, 6.07) is 1.71. The van der Waals surface area contributed by atoms with Crippen molar-refractivity contribution < 1.29 is 19.1 Å². The van der Waals surface area contributed by atoms with Crippen LogP contribution < -0.4 is 4.74 Å². The van der Waals surface area contributed by atoms with Crippen LogP contribution in [0.15, 0.2) is 11.6 Å². The summed E-state index contributed by atoms with van der Waals surface area (Å²) in [5.41, 5.74) is 3.05. The third-order valence-electron chi connectivity index (χ3n) is 4.50. The molecule has 0 amide bonds. The minimum atomic E-state index is -0.477. The Hall–Kier alpha value is -2.23. The van der Waals surface area contributed by atoms with Crippen LogP contribution in [0.25, 0.3) is 6.08 Å². The maximum absolute atomic E-state index is 12.4. The van der Waals surface area contributed by atoms with Crippen molar-refractivity contribution in [2.75, 3.05) is 0 Å². The van der Waals surface area contributed by atoms with Crippen molar-refractivity contribution >= 4 is 23.6 Å². The van der Waals surface area contributed by atoms with E-state index in [2.05, 4.69) is 6.92 Å². The van der Waals surface area contributed by atoms with Gasteiger partial charge in [-0.3, -0.25) is 14.4 Å². The maximum Gasteiger partial charge on any atom is 0.311 e. The zero-order valence-electron chi connectivity index (χ0n) is 15.7. The number of esters is 1. The first-order valence-electron chi connectivity index (χ1n) is 8.93. The highest BCUT2D eigenvalue weighted by molar-refractivity contribution is 6.52. The molecule has 0 bridgehead atoms. The van der Waals surface area contributed by atoms with Gasteiger partial charge in [-0.1, -0.05) is 33.6 Å². The van der Waals surface area contributed by atoms with Crippen molar-refractivity contribution in [1.29, 1.82) is 0 Å². The Morgan fingerprint density at radius 2 is 1.80 bits per heavy atom. The van der Waals surface area contributed by atoms with Crippen LogP contribution in [0.5, 0.6) is 5.75 Å². The fourth-order valence-corrected chi connectivity index (χ4v) is 3.23. The molecule has 1 aromatic carbocycles. The second-order valence-corrected chi connectivity index (χ2v) is 6.97. The quantitative estimate of drug-likeness (QED) is 0.323. The summed E-state index contributed by atoms with van der Waals surface area (Å²) >= 11 is 0. The molecule has 0 aliphatic heterocycles. The highest BCUT2D eigenvalue weighted by Crippen LogP contribution is 2.38. The van der Waals surface area contributed by atoms with Gasteiger partial charge < -0.3 is 4.74 Å². The average molecular weight is 342 g/mol. The van der Waals surface area contributed by atoms with Gasteiger partial charge in [-0.2, -0.15) is 0 Å². The fraction of sp³-hybridized carbons (Fsp3) is 0.476. The fourth-order valence-electron chi connectivity index (χ4n) is 3.23. The number of ketones is 2. The van der Waals surface area contributed by atoms with Gasteiger partial charge in [0.2, 0.25) is 11.6 Å². The highest BCUT2D eigenvalue weighted by Gasteiger charge is 2.31. The van der Waals surface area contributed by atoms with Gasteiger partial charge in [-0.05, 0) is 49.5 Å². The molecule has 2 rings (SSSR count). The number of hydrogen-bond acceptors (Lipinski definition) is 4. The van der Waals surface area contributed by atoms with Gasteiger partial charge >= 0.3 is 5.97 Å². The molecule has 0 unspecified atom stereocenters. The Morgan fingerprint density at radius 3 is 2.40 bits per heavy atom. The molecule has 0 heterocycles. The molecule has 1 aromatic rings. The van der Waals surface area contributed by atoms with Crippen LogP contribution in [-0.4, -0.2) is 17.5 Å². The third kappa shape index (κ3) is 3.89. The summed E-state index contributed by atoms with van der Waals surface area (Å²) in [7, 11) is 0. The molecule has 134 valence electrons. The van der Waals surface area contributed by atoms with E-state index in [1.165, 1.54) is 0 Å². The molecule has 0 radical (unpaired) electrons. The lowest BCUT2D eigenvalue weighted by molar-refractivity contribution is -0.134. The van der Waals surface area contributed by atoms with E-state index in [0.717, 1.165) is 24.8 Å². The summed E-state index contributed by atoms with van der Waals surface area (Å²) in [4.78, 5) is 36.6. The molecule has 4 heteroatoms. The van der Waals surface area contributed by atoms with Crippen LogP contribution in [-0.2, 0) is 9.59 Å². The molecule has 0 atom stereocenters. The van der Waals surface area contributed by atoms with Gasteiger partial charge in [0, 0.05) is 23.1 Å². The van der Waals surface area contributed by atoms with E-state index in [0.29, 0.717) is 34.4 Å². The standard InChI is InChI=1S/C21H26O4/c1-6-7-8-9-17(22)25-16-11-13(4)19-15(18(16)12(2)3)10-14(5)20(23)21(19)24/h10-12H,6-9H2,1-5H3. The van der Waals surface area contributed by atoms with E-state index in [9.17, 15) is 14.4 Å². The molecular formula is C21H26O4. The maximum atomic E-state index is 12.4. The predicted octanol–water partition coefficient (Wildman–Crippen LogP) is 4.77.